The molecule has 1 rings (SSSR count). The number of benzene rings is 1. The fourth-order valence-corrected chi connectivity index (χ4v) is 1.73. The van der Waals surface area contributed by atoms with Crippen LogP contribution in [0, 0.1) is 0 Å². The van der Waals surface area contributed by atoms with Crippen molar-refractivity contribution in [1.82, 2.24) is 10.6 Å². The Morgan fingerprint density at radius 3 is 2.43 bits per heavy atom. The highest BCUT2D eigenvalue weighted by Crippen LogP contribution is 2.22. The minimum atomic E-state index is -0.919. The first-order valence-corrected chi connectivity index (χ1v) is 6.87. The Morgan fingerprint density at radius 2 is 1.81 bits per heavy atom. The molecule has 3 N–H and O–H groups in total. The summed E-state index contributed by atoms with van der Waals surface area (Å²) >= 11 is 11.5. The molecule has 0 aromatic heterocycles. The molecule has 0 aliphatic rings. The number of rotatable bonds is 7. The van der Waals surface area contributed by atoms with E-state index >= 15 is 0 Å². The summed E-state index contributed by atoms with van der Waals surface area (Å²) in [4.78, 5) is 33.5. The largest absolute Gasteiger partial charge is 0.481 e. The van der Waals surface area contributed by atoms with E-state index in [1.165, 1.54) is 18.2 Å². The molecule has 2 amide bonds. The van der Waals surface area contributed by atoms with Gasteiger partial charge in [-0.2, -0.15) is 0 Å². The van der Waals surface area contributed by atoms with E-state index in [0.717, 1.165) is 0 Å². The third-order valence-electron chi connectivity index (χ3n) is 2.48. The van der Waals surface area contributed by atoms with E-state index < -0.39 is 17.8 Å². The Morgan fingerprint density at radius 1 is 1.10 bits per heavy atom. The SMILES string of the molecule is O=C(O)CCCNC(=O)CNC(=O)c1ccc(Cl)c(Cl)c1. The van der Waals surface area contributed by atoms with E-state index in [0.29, 0.717) is 17.0 Å². The number of hydrogen-bond donors (Lipinski definition) is 3. The molecule has 0 radical (unpaired) electrons. The second-order valence-electron chi connectivity index (χ2n) is 4.16. The van der Waals surface area contributed by atoms with E-state index in [4.69, 9.17) is 28.3 Å². The summed E-state index contributed by atoms with van der Waals surface area (Å²) in [5, 5.41) is 13.9. The second kappa shape index (κ2) is 8.49. The van der Waals surface area contributed by atoms with Gasteiger partial charge in [0, 0.05) is 18.5 Å². The Balaban J connectivity index is 2.33. The van der Waals surface area contributed by atoms with Crippen molar-refractivity contribution in [3.05, 3.63) is 33.8 Å². The van der Waals surface area contributed by atoms with Gasteiger partial charge in [0.2, 0.25) is 5.91 Å². The first kappa shape index (κ1) is 17.3. The molecule has 0 fully saturated rings. The Kier molecular flexibility index (Phi) is 6.98. The molecule has 0 unspecified atom stereocenters. The van der Waals surface area contributed by atoms with Crippen LogP contribution < -0.4 is 10.6 Å². The van der Waals surface area contributed by atoms with Crippen LogP contribution in [0.1, 0.15) is 23.2 Å². The van der Waals surface area contributed by atoms with Crippen LogP contribution in [0.3, 0.4) is 0 Å². The number of hydrogen-bond acceptors (Lipinski definition) is 3. The maximum atomic E-state index is 11.8. The van der Waals surface area contributed by atoms with E-state index in [1.807, 2.05) is 0 Å². The van der Waals surface area contributed by atoms with Crippen LogP contribution in [0.15, 0.2) is 18.2 Å². The number of halogens is 2. The maximum Gasteiger partial charge on any atom is 0.303 e. The lowest BCUT2D eigenvalue weighted by Crippen LogP contribution is -2.37. The molecule has 0 heterocycles. The molecule has 0 aliphatic carbocycles. The number of carboxylic acids is 1. The number of nitrogens with one attached hydrogen (secondary N) is 2. The van der Waals surface area contributed by atoms with Gasteiger partial charge < -0.3 is 15.7 Å². The van der Waals surface area contributed by atoms with Gasteiger partial charge in [0.25, 0.3) is 5.91 Å². The zero-order valence-electron chi connectivity index (χ0n) is 11.0. The molecule has 0 saturated carbocycles. The lowest BCUT2D eigenvalue weighted by molar-refractivity contribution is -0.137. The van der Waals surface area contributed by atoms with Crippen LogP contribution in [0.25, 0.3) is 0 Å². The molecule has 0 aliphatic heterocycles. The summed E-state index contributed by atoms with van der Waals surface area (Å²) in [6, 6.07) is 4.39. The van der Waals surface area contributed by atoms with Crippen LogP contribution in [-0.2, 0) is 9.59 Å². The third-order valence-corrected chi connectivity index (χ3v) is 3.22. The summed E-state index contributed by atoms with van der Waals surface area (Å²) in [6.45, 7) is 0.0416. The van der Waals surface area contributed by atoms with Crippen LogP contribution in [-0.4, -0.2) is 36.0 Å². The molecule has 114 valence electrons. The highest BCUT2D eigenvalue weighted by molar-refractivity contribution is 6.42. The predicted molar refractivity (Wildman–Crippen MR) is 78.7 cm³/mol. The number of aliphatic carboxylic acids is 1. The molecular weight excluding hydrogens is 319 g/mol. The van der Waals surface area contributed by atoms with E-state index in [-0.39, 0.29) is 24.5 Å². The van der Waals surface area contributed by atoms with Crippen molar-refractivity contribution in [2.45, 2.75) is 12.8 Å². The molecule has 0 atom stereocenters. The van der Waals surface area contributed by atoms with Gasteiger partial charge in [0.05, 0.1) is 16.6 Å². The van der Waals surface area contributed by atoms with Gasteiger partial charge in [0.1, 0.15) is 0 Å². The molecule has 1 aromatic rings. The summed E-state index contributed by atoms with van der Waals surface area (Å²) < 4.78 is 0. The first-order chi connectivity index (χ1) is 9.90. The zero-order valence-corrected chi connectivity index (χ0v) is 12.5. The predicted octanol–water partition coefficient (Wildman–Crippen LogP) is 1.70. The van der Waals surface area contributed by atoms with Gasteiger partial charge in [-0.3, -0.25) is 14.4 Å². The van der Waals surface area contributed by atoms with E-state index in [2.05, 4.69) is 10.6 Å². The van der Waals surface area contributed by atoms with Crippen molar-refractivity contribution in [2.75, 3.05) is 13.1 Å². The van der Waals surface area contributed by atoms with Crippen molar-refractivity contribution >= 4 is 41.0 Å². The van der Waals surface area contributed by atoms with E-state index in [9.17, 15) is 14.4 Å². The minimum absolute atomic E-state index is 0.0179. The highest BCUT2D eigenvalue weighted by Gasteiger charge is 2.09. The lowest BCUT2D eigenvalue weighted by Gasteiger charge is -2.07. The number of carbonyl (C=O) groups excluding carboxylic acids is 2. The number of amides is 2. The molecular formula is C13H14Cl2N2O4. The Labute approximate surface area is 131 Å². The molecule has 1 aromatic carbocycles. The number of carbonyl (C=O) groups is 3. The standard InChI is InChI=1S/C13H14Cl2N2O4/c14-9-4-3-8(6-10(9)15)13(21)17-7-11(18)16-5-1-2-12(19)20/h3-4,6H,1-2,5,7H2,(H,16,18)(H,17,21)(H,19,20). The van der Waals surface area contributed by atoms with Crippen molar-refractivity contribution in [2.24, 2.45) is 0 Å². The summed E-state index contributed by atoms with van der Waals surface area (Å²) in [7, 11) is 0. The van der Waals surface area contributed by atoms with Gasteiger partial charge in [-0.1, -0.05) is 23.2 Å². The van der Waals surface area contributed by atoms with Crippen LogP contribution in [0.5, 0.6) is 0 Å². The normalized spacial score (nSPS) is 10.0. The first-order valence-electron chi connectivity index (χ1n) is 6.12. The van der Waals surface area contributed by atoms with Gasteiger partial charge in [-0.15, -0.1) is 0 Å². The highest BCUT2D eigenvalue weighted by atomic mass is 35.5. The van der Waals surface area contributed by atoms with Gasteiger partial charge in [-0.25, -0.2) is 0 Å². The maximum absolute atomic E-state index is 11.8. The molecule has 0 bridgehead atoms. The third kappa shape index (κ3) is 6.46. The average molecular weight is 333 g/mol. The van der Waals surface area contributed by atoms with Gasteiger partial charge in [0.15, 0.2) is 0 Å². The molecule has 0 spiro atoms. The zero-order chi connectivity index (χ0) is 15.8. The van der Waals surface area contributed by atoms with Crippen molar-refractivity contribution in [1.29, 1.82) is 0 Å². The smallest absolute Gasteiger partial charge is 0.303 e. The monoisotopic (exact) mass is 332 g/mol. The van der Waals surface area contributed by atoms with Crippen LogP contribution in [0.2, 0.25) is 10.0 Å². The minimum Gasteiger partial charge on any atom is -0.481 e. The van der Waals surface area contributed by atoms with Gasteiger partial charge >= 0.3 is 5.97 Å². The van der Waals surface area contributed by atoms with Crippen molar-refractivity contribution in [3.8, 4) is 0 Å². The molecule has 8 heteroatoms. The quantitative estimate of drug-likeness (QED) is 0.662. The Bertz CT molecular complexity index is 549. The summed E-state index contributed by atoms with van der Waals surface area (Å²) in [5.74, 6) is -1.76. The lowest BCUT2D eigenvalue weighted by atomic mass is 10.2. The van der Waals surface area contributed by atoms with Crippen molar-refractivity contribution in [3.63, 3.8) is 0 Å². The van der Waals surface area contributed by atoms with Crippen molar-refractivity contribution < 1.29 is 19.5 Å². The fraction of sp³-hybridized carbons (Fsp3) is 0.308. The van der Waals surface area contributed by atoms with Gasteiger partial charge in [-0.05, 0) is 24.6 Å². The second-order valence-corrected chi connectivity index (χ2v) is 4.97. The molecule has 21 heavy (non-hydrogen) atoms. The Hall–Kier alpha value is -1.79. The molecule has 0 saturated heterocycles. The summed E-state index contributed by atoms with van der Waals surface area (Å²) in [5.41, 5.74) is 0.295. The summed E-state index contributed by atoms with van der Waals surface area (Å²) in [6.07, 6.45) is 0.317. The van der Waals surface area contributed by atoms with E-state index in [1.54, 1.807) is 0 Å². The van der Waals surface area contributed by atoms with Crippen LogP contribution in [0.4, 0.5) is 0 Å². The molecule has 6 nitrogen and oxygen atoms in total. The fourth-order valence-electron chi connectivity index (χ4n) is 1.43. The topological polar surface area (TPSA) is 95.5 Å². The average Bonchev–Trinajstić information content (AvgIpc) is 2.43. The number of carboxylic acid groups (broad SMARTS) is 1. The van der Waals surface area contributed by atoms with Crippen LogP contribution >= 0.6 is 23.2 Å².